The summed E-state index contributed by atoms with van der Waals surface area (Å²) in [5.41, 5.74) is 4.72. The van der Waals surface area contributed by atoms with Crippen LogP contribution in [0.3, 0.4) is 0 Å². The molecule has 1 aliphatic heterocycles. The van der Waals surface area contributed by atoms with Crippen molar-refractivity contribution in [2.75, 3.05) is 0 Å². The summed E-state index contributed by atoms with van der Waals surface area (Å²) in [4.78, 5) is 0. The molecule has 3 nitrogen and oxygen atoms in total. The fourth-order valence-corrected chi connectivity index (χ4v) is 3.27. The number of furan rings is 1. The minimum atomic E-state index is -0.0790. The Kier molecular flexibility index (Phi) is 2.81. The fourth-order valence-electron chi connectivity index (χ4n) is 3.27. The van der Waals surface area contributed by atoms with Crippen LogP contribution in [0.5, 0.6) is 0 Å². The number of hydrogen-bond acceptors (Lipinski definition) is 2. The van der Waals surface area contributed by atoms with Crippen LogP contribution in [-0.2, 0) is 12.1 Å². The van der Waals surface area contributed by atoms with Gasteiger partial charge < -0.3 is 9.73 Å². The zero-order valence-corrected chi connectivity index (χ0v) is 13.2. The van der Waals surface area contributed by atoms with E-state index < -0.39 is 0 Å². The van der Waals surface area contributed by atoms with E-state index >= 15 is 0 Å². The quantitative estimate of drug-likeness (QED) is 0.721. The van der Waals surface area contributed by atoms with Crippen LogP contribution < -0.4 is 5.32 Å². The Labute approximate surface area is 130 Å². The molecule has 0 unspecified atom stereocenters. The summed E-state index contributed by atoms with van der Waals surface area (Å²) >= 11 is 0. The summed E-state index contributed by atoms with van der Waals surface area (Å²) in [7, 11) is 0. The van der Waals surface area contributed by atoms with E-state index in [-0.39, 0.29) is 5.54 Å². The first-order valence-electron chi connectivity index (χ1n) is 7.69. The summed E-state index contributed by atoms with van der Waals surface area (Å²) in [5, 5.41) is 3.64. The highest BCUT2D eigenvalue weighted by atomic mass is 16.4. The van der Waals surface area contributed by atoms with Gasteiger partial charge in [0, 0.05) is 35.1 Å². The molecule has 2 aromatic heterocycles. The number of aromatic nitrogens is 1. The van der Waals surface area contributed by atoms with Crippen LogP contribution in [0.1, 0.15) is 30.7 Å². The molecular weight excluding hydrogens is 272 g/mol. The van der Waals surface area contributed by atoms with Crippen LogP contribution >= 0.6 is 0 Å². The van der Waals surface area contributed by atoms with Gasteiger partial charge in [0.1, 0.15) is 5.76 Å². The van der Waals surface area contributed by atoms with Crippen molar-refractivity contribution in [1.82, 2.24) is 9.88 Å². The van der Waals surface area contributed by atoms with Gasteiger partial charge in [-0.25, -0.2) is 0 Å². The number of benzene rings is 1. The van der Waals surface area contributed by atoms with Crippen molar-refractivity contribution in [3.8, 4) is 17.2 Å². The molecule has 0 saturated carbocycles. The Bertz CT molecular complexity index is 824. The molecule has 3 aromatic rings. The lowest BCUT2D eigenvalue weighted by Crippen LogP contribution is -2.35. The van der Waals surface area contributed by atoms with Crippen LogP contribution in [-0.4, -0.2) is 4.57 Å². The molecule has 3 heteroatoms. The van der Waals surface area contributed by atoms with Crippen molar-refractivity contribution >= 4 is 0 Å². The molecule has 0 saturated heterocycles. The van der Waals surface area contributed by atoms with Gasteiger partial charge in [0.15, 0.2) is 0 Å². The average molecular weight is 292 g/mol. The minimum absolute atomic E-state index is 0.0790. The molecular formula is C19H20N2O. The van der Waals surface area contributed by atoms with E-state index in [0.717, 1.165) is 23.8 Å². The monoisotopic (exact) mass is 292 g/mol. The van der Waals surface area contributed by atoms with Crippen molar-refractivity contribution in [2.45, 2.75) is 32.9 Å². The maximum Gasteiger partial charge on any atom is 0.209 e. The molecule has 0 radical (unpaired) electrons. The number of rotatable bonds is 1. The topological polar surface area (TPSA) is 30.1 Å². The van der Waals surface area contributed by atoms with Gasteiger partial charge in [0.05, 0.1) is 5.54 Å². The molecule has 0 fully saturated rings. The molecule has 4 rings (SSSR count). The largest absolute Gasteiger partial charge is 0.439 e. The minimum Gasteiger partial charge on any atom is -0.439 e. The lowest BCUT2D eigenvalue weighted by molar-refractivity contribution is 0.391. The van der Waals surface area contributed by atoms with Crippen LogP contribution in [0, 0.1) is 6.92 Å². The van der Waals surface area contributed by atoms with Crippen LogP contribution in [0.2, 0.25) is 0 Å². The molecule has 0 bridgehead atoms. The number of nitrogens with zero attached hydrogens (tertiary/aromatic N) is 1. The molecule has 0 spiro atoms. The van der Waals surface area contributed by atoms with Gasteiger partial charge in [-0.3, -0.25) is 4.57 Å². The van der Waals surface area contributed by atoms with Gasteiger partial charge in [-0.2, -0.15) is 0 Å². The maximum atomic E-state index is 6.30. The smallest absolute Gasteiger partial charge is 0.209 e. The molecule has 0 aliphatic carbocycles. The molecule has 0 amide bonds. The second-order valence-corrected chi connectivity index (χ2v) is 6.45. The average Bonchev–Trinajstić information content (AvgIpc) is 3.09. The van der Waals surface area contributed by atoms with Crippen molar-refractivity contribution < 1.29 is 4.42 Å². The zero-order chi connectivity index (χ0) is 15.3. The second kappa shape index (κ2) is 4.62. The molecule has 1 N–H and O–H groups in total. The molecule has 3 heterocycles. The lowest BCUT2D eigenvalue weighted by Gasteiger charge is -2.25. The predicted molar refractivity (Wildman–Crippen MR) is 88.1 cm³/mol. The summed E-state index contributed by atoms with van der Waals surface area (Å²) < 4.78 is 8.48. The Balaban J connectivity index is 1.95. The Hall–Kier alpha value is -2.26. The summed E-state index contributed by atoms with van der Waals surface area (Å²) in [6.45, 7) is 7.37. The Morgan fingerprint density at radius 1 is 1.09 bits per heavy atom. The second-order valence-electron chi connectivity index (χ2n) is 6.45. The van der Waals surface area contributed by atoms with E-state index in [9.17, 15) is 0 Å². The Morgan fingerprint density at radius 3 is 2.64 bits per heavy atom. The lowest BCUT2D eigenvalue weighted by atomic mass is 10.0. The van der Waals surface area contributed by atoms with Gasteiger partial charge in [-0.15, -0.1) is 0 Å². The fraction of sp³-hybridized carbons (Fsp3) is 0.263. The first-order valence-corrected chi connectivity index (χ1v) is 7.69. The van der Waals surface area contributed by atoms with E-state index in [1.54, 1.807) is 0 Å². The van der Waals surface area contributed by atoms with Gasteiger partial charge in [-0.05, 0) is 32.9 Å². The maximum absolute atomic E-state index is 6.30. The highest BCUT2D eigenvalue weighted by Crippen LogP contribution is 2.37. The standard InChI is InChI=1S/C19H20N2O/c1-13-15-12-20-19(2,3)16-10-7-11-21(16)18(15)22-17(13)14-8-5-4-6-9-14/h4-11,20H,12H2,1-3H3. The number of nitrogens with one attached hydrogen (secondary N) is 1. The van der Waals surface area contributed by atoms with Crippen molar-refractivity contribution in [3.63, 3.8) is 0 Å². The number of hydrogen-bond donors (Lipinski definition) is 1. The van der Waals surface area contributed by atoms with Crippen molar-refractivity contribution in [1.29, 1.82) is 0 Å². The van der Waals surface area contributed by atoms with E-state index in [4.69, 9.17) is 4.42 Å². The van der Waals surface area contributed by atoms with E-state index in [1.165, 1.54) is 16.8 Å². The first kappa shape index (κ1) is 13.4. The van der Waals surface area contributed by atoms with Crippen molar-refractivity contribution in [2.24, 2.45) is 0 Å². The van der Waals surface area contributed by atoms with Crippen LogP contribution in [0.4, 0.5) is 0 Å². The summed E-state index contributed by atoms with van der Waals surface area (Å²) in [6, 6.07) is 14.5. The van der Waals surface area contributed by atoms with Crippen LogP contribution in [0.15, 0.2) is 53.1 Å². The third kappa shape index (κ3) is 1.86. The third-order valence-electron chi connectivity index (χ3n) is 4.60. The highest BCUT2D eigenvalue weighted by molar-refractivity contribution is 5.66. The molecule has 1 aromatic carbocycles. The highest BCUT2D eigenvalue weighted by Gasteiger charge is 2.31. The third-order valence-corrected chi connectivity index (χ3v) is 4.60. The van der Waals surface area contributed by atoms with Gasteiger partial charge in [0.25, 0.3) is 0 Å². The van der Waals surface area contributed by atoms with Gasteiger partial charge in [-0.1, -0.05) is 30.3 Å². The zero-order valence-electron chi connectivity index (χ0n) is 13.2. The SMILES string of the molecule is Cc1c(-c2ccccc2)oc2c1CNC(C)(C)c1cccn1-2. The van der Waals surface area contributed by atoms with E-state index in [2.05, 4.69) is 61.1 Å². The molecule has 1 aliphatic rings. The van der Waals surface area contributed by atoms with E-state index in [1.807, 2.05) is 18.2 Å². The predicted octanol–water partition coefficient (Wildman–Crippen LogP) is 4.38. The van der Waals surface area contributed by atoms with E-state index in [0.29, 0.717) is 0 Å². The van der Waals surface area contributed by atoms with Gasteiger partial charge >= 0.3 is 0 Å². The molecule has 112 valence electrons. The van der Waals surface area contributed by atoms with Gasteiger partial charge in [0.2, 0.25) is 5.88 Å². The number of fused-ring (bicyclic) bond motifs is 3. The summed E-state index contributed by atoms with van der Waals surface area (Å²) in [5.74, 6) is 1.90. The first-order chi connectivity index (χ1) is 10.6. The molecule has 0 atom stereocenters. The summed E-state index contributed by atoms with van der Waals surface area (Å²) in [6.07, 6.45) is 2.08. The normalized spacial score (nSPS) is 16.0. The van der Waals surface area contributed by atoms with Crippen LogP contribution in [0.25, 0.3) is 17.2 Å². The van der Waals surface area contributed by atoms with Crippen molar-refractivity contribution in [3.05, 3.63) is 65.5 Å². The Morgan fingerprint density at radius 2 is 1.86 bits per heavy atom. The molecule has 22 heavy (non-hydrogen) atoms.